The average Bonchev–Trinajstić information content (AvgIpc) is 3.21. The molecule has 0 saturated carbocycles. The number of aliphatic hydroxyl groups excluding tert-OH is 1. The van der Waals surface area contributed by atoms with Crippen LogP contribution < -0.4 is 0 Å². The van der Waals surface area contributed by atoms with E-state index in [0.717, 1.165) is 22.0 Å². The molecule has 1 aliphatic rings. The number of aryl methyl sites for hydroxylation is 3. The second kappa shape index (κ2) is 6.29. The molecule has 3 aromatic rings. The number of aliphatic hydroxyl groups is 1. The lowest BCUT2D eigenvalue weighted by atomic mass is 10.1. The number of aromatic nitrogens is 2. The molecule has 0 amide bonds. The van der Waals surface area contributed by atoms with Crippen LogP contribution in [0.2, 0.25) is 0 Å². The molecule has 0 unspecified atom stereocenters. The van der Waals surface area contributed by atoms with Gasteiger partial charge in [0.2, 0.25) is 0 Å². The molecule has 0 bridgehead atoms. The van der Waals surface area contributed by atoms with Crippen molar-refractivity contribution in [3.63, 3.8) is 0 Å². The van der Waals surface area contributed by atoms with Gasteiger partial charge in [0.25, 0.3) is 0 Å². The van der Waals surface area contributed by atoms with E-state index in [1.54, 1.807) is 11.3 Å². The molecule has 6 heteroatoms. The molecule has 3 heterocycles. The largest absolute Gasteiger partial charge is 0.510 e. The molecule has 134 valence electrons. The van der Waals surface area contributed by atoms with Crippen LogP contribution in [-0.4, -0.2) is 38.5 Å². The average molecular weight is 366 g/mol. The van der Waals surface area contributed by atoms with Gasteiger partial charge in [0.15, 0.2) is 0 Å². The fourth-order valence-corrected chi connectivity index (χ4v) is 4.49. The molecule has 0 spiro atoms. The summed E-state index contributed by atoms with van der Waals surface area (Å²) in [4.78, 5) is 7.58. The maximum Gasteiger partial charge on any atom is 0.135 e. The zero-order valence-electron chi connectivity index (χ0n) is 15.2. The number of rotatable bonds is 4. The number of nitrogens with one attached hydrogen (secondary N) is 1. The minimum absolute atomic E-state index is 0.252. The quantitative estimate of drug-likeness (QED) is 0.732. The van der Waals surface area contributed by atoms with Crippen molar-refractivity contribution in [3.8, 4) is 0 Å². The molecule has 2 aromatic heterocycles. The zero-order valence-corrected chi connectivity index (χ0v) is 16.0. The lowest BCUT2D eigenvalue weighted by Gasteiger charge is -2.18. The summed E-state index contributed by atoms with van der Waals surface area (Å²) in [5.41, 5.74) is 4.04. The molecule has 0 aliphatic carbocycles. The molecule has 26 heavy (non-hydrogen) atoms. The first kappa shape index (κ1) is 16.8. The number of nitrogens with zero attached hydrogens (tertiary/aromatic N) is 3. The highest BCUT2D eigenvalue weighted by Gasteiger charge is 2.30. The Balaban J connectivity index is 1.53. The number of para-hydroxylation sites is 1. The molecule has 1 aliphatic heterocycles. The highest BCUT2D eigenvalue weighted by molar-refractivity contribution is 7.13. The van der Waals surface area contributed by atoms with Gasteiger partial charge < -0.3 is 14.6 Å². The highest BCUT2D eigenvalue weighted by atomic mass is 32.1. The van der Waals surface area contributed by atoms with Gasteiger partial charge in [0.05, 0.1) is 17.8 Å². The molecular formula is C20H22N4OS. The van der Waals surface area contributed by atoms with Crippen LogP contribution in [-0.2, 0) is 13.5 Å². The van der Waals surface area contributed by atoms with Crippen molar-refractivity contribution >= 4 is 33.6 Å². The number of fused-ring (bicyclic) bond motifs is 1. The molecule has 0 atom stereocenters. The third-order valence-electron chi connectivity index (χ3n) is 5.06. The van der Waals surface area contributed by atoms with Crippen LogP contribution in [0.1, 0.15) is 21.1 Å². The second-order valence-electron chi connectivity index (χ2n) is 6.78. The predicted octanol–water partition coefficient (Wildman–Crippen LogP) is 4.06. The number of hydrogen-bond acceptors (Lipinski definition) is 4. The highest BCUT2D eigenvalue weighted by Crippen LogP contribution is 2.31. The standard InChI is InChI=1S/C20H22N4OS/c1-12-13(2)26-20(22-12)18-17(25)11-24(19(18)21)9-8-14-10-23(3)16-7-5-4-6-15(14)16/h4-7,10,21,25H,8-9,11H2,1-3H3. The Morgan fingerprint density at radius 1 is 1.27 bits per heavy atom. The number of thiazole rings is 1. The molecule has 2 N–H and O–H groups in total. The number of hydrogen-bond donors (Lipinski definition) is 2. The normalized spacial score (nSPS) is 14.9. The smallest absolute Gasteiger partial charge is 0.135 e. The second-order valence-corrected chi connectivity index (χ2v) is 7.99. The Kier molecular flexibility index (Phi) is 4.07. The summed E-state index contributed by atoms with van der Waals surface area (Å²) in [6.07, 6.45) is 2.99. The van der Waals surface area contributed by atoms with Crippen LogP contribution in [0.4, 0.5) is 0 Å². The lowest BCUT2D eigenvalue weighted by molar-refractivity contribution is 0.351. The summed E-state index contributed by atoms with van der Waals surface area (Å²) < 4.78 is 2.14. The fraction of sp³-hybridized carbons (Fsp3) is 0.300. The van der Waals surface area contributed by atoms with Crippen LogP contribution >= 0.6 is 11.3 Å². The first-order valence-corrected chi connectivity index (χ1v) is 9.50. The van der Waals surface area contributed by atoms with Gasteiger partial charge in [-0.15, -0.1) is 11.3 Å². The van der Waals surface area contributed by atoms with Crippen LogP contribution in [0, 0.1) is 19.3 Å². The summed E-state index contributed by atoms with van der Waals surface area (Å²) in [5, 5.41) is 20.9. The number of benzene rings is 1. The van der Waals surface area contributed by atoms with Crippen molar-refractivity contribution in [1.82, 2.24) is 14.5 Å². The predicted molar refractivity (Wildman–Crippen MR) is 107 cm³/mol. The van der Waals surface area contributed by atoms with E-state index in [1.807, 2.05) is 18.7 Å². The molecule has 1 aromatic carbocycles. The van der Waals surface area contributed by atoms with E-state index < -0.39 is 0 Å². The molecular weight excluding hydrogens is 344 g/mol. The topological polar surface area (TPSA) is 65.1 Å². The summed E-state index contributed by atoms with van der Waals surface area (Å²) in [7, 11) is 2.06. The Morgan fingerprint density at radius 3 is 2.77 bits per heavy atom. The molecule has 4 rings (SSSR count). The van der Waals surface area contributed by atoms with E-state index in [2.05, 4.69) is 47.1 Å². The van der Waals surface area contributed by atoms with Crippen molar-refractivity contribution in [3.05, 3.63) is 57.4 Å². The lowest BCUT2D eigenvalue weighted by Crippen LogP contribution is -2.28. The van der Waals surface area contributed by atoms with Gasteiger partial charge in [-0.25, -0.2) is 4.98 Å². The van der Waals surface area contributed by atoms with Crippen molar-refractivity contribution in [2.24, 2.45) is 7.05 Å². The van der Waals surface area contributed by atoms with Crippen LogP contribution in [0.5, 0.6) is 0 Å². The molecule has 0 saturated heterocycles. The van der Waals surface area contributed by atoms with E-state index in [4.69, 9.17) is 5.41 Å². The van der Waals surface area contributed by atoms with Crippen molar-refractivity contribution in [2.75, 3.05) is 13.1 Å². The maximum atomic E-state index is 10.4. The summed E-state index contributed by atoms with van der Waals surface area (Å²) in [6.45, 7) is 5.06. The SMILES string of the molecule is Cc1nc(C2=C(O)CN(CCc3cn(C)c4ccccc34)C2=N)sc1C. The van der Waals surface area contributed by atoms with Crippen LogP contribution in [0.25, 0.3) is 16.5 Å². The van der Waals surface area contributed by atoms with Gasteiger partial charge in [0, 0.05) is 35.6 Å². The third-order valence-corrected chi connectivity index (χ3v) is 6.15. The van der Waals surface area contributed by atoms with Crippen molar-refractivity contribution in [2.45, 2.75) is 20.3 Å². The Hall–Kier alpha value is -2.60. The van der Waals surface area contributed by atoms with Crippen molar-refractivity contribution < 1.29 is 5.11 Å². The van der Waals surface area contributed by atoms with Gasteiger partial charge >= 0.3 is 0 Å². The van der Waals surface area contributed by atoms with E-state index in [1.165, 1.54) is 16.5 Å². The minimum Gasteiger partial charge on any atom is -0.510 e. The minimum atomic E-state index is 0.252. The van der Waals surface area contributed by atoms with Gasteiger partial charge in [-0.2, -0.15) is 0 Å². The summed E-state index contributed by atoms with van der Waals surface area (Å²) in [5.74, 6) is 0.623. The first-order chi connectivity index (χ1) is 12.5. The van der Waals surface area contributed by atoms with Crippen LogP contribution in [0.15, 0.2) is 36.2 Å². The van der Waals surface area contributed by atoms with E-state index in [0.29, 0.717) is 24.5 Å². The maximum absolute atomic E-state index is 10.4. The summed E-state index contributed by atoms with van der Waals surface area (Å²) >= 11 is 1.54. The first-order valence-electron chi connectivity index (χ1n) is 8.69. The Morgan fingerprint density at radius 2 is 2.04 bits per heavy atom. The molecule has 0 fully saturated rings. The number of amidine groups is 1. The molecule has 5 nitrogen and oxygen atoms in total. The van der Waals surface area contributed by atoms with E-state index in [-0.39, 0.29) is 5.76 Å². The summed E-state index contributed by atoms with van der Waals surface area (Å²) in [6, 6.07) is 8.37. The monoisotopic (exact) mass is 366 g/mol. The molecule has 0 radical (unpaired) electrons. The van der Waals surface area contributed by atoms with Crippen molar-refractivity contribution in [1.29, 1.82) is 5.41 Å². The van der Waals surface area contributed by atoms with Crippen LogP contribution in [0.3, 0.4) is 0 Å². The van der Waals surface area contributed by atoms with Gasteiger partial charge in [0.1, 0.15) is 16.6 Å². The Bertz CT molecular complexity index is 1020. The van der Waals surface area contributed by atoms with E-state index >= 15 is 0 Å². The van der Waals surface area contributed by atoms with Gasteiger partial charge in [-0.1, -0.05) is 18.2 Å². The Labute approximate surface area is 156 Å². The van der Waals surface area contributed by atoms with Gasteiger partial charge in [-0.3, -0.25) is 5.41 Å². The zero-order chi connectivity index (χ0) is 18.4. The van der Waals surface area contributed by atoms with Gasteiger partial charge in [-0.05, 0) is 31.9 Å². The van der Waals surface area contributed by atoms with E-state index in [9.17, 15) is 5.11 Å². The third kappa shape index (κ3) is 2.70. The fourth-order valence-electron chi connectivity index (χ4n) is 3.51.